The van der Waals surface area contributed by atoms with Gasteiger partial charge in [-0.3, -0.25) is 10.1 Å². The molecule has 0 saturated carbocycles. The van der Waals surface area contributed by atoms with Crippen LogP contribution in [0.25, 0.3) is 11.1 Å². The molecule has 0 aliphatic rings. The number of nitro groups is 1. The van der Waals surface area contributed by atoms with Gasteiger partial charge in [0.2, 0.25) is 0 Å². The topological polar surface area (TPSA) is 83.6 Å². The molecule has 0 aliphatic carbocycles. The van der Waals surface area contributed by atoms with Gasteiger partial charge in [0.1, 0.15) is 0 Å². The molecule has 0 bridgehead atoms. The van der Waals surface area contributed by atoms with E-state index in [1.807, 2.05) is 12.1 Å². The monoisotopic (exact) mass is 315 g/mol. The Hall–Kier alpha value is -2.24. The fourth-order valence-electron chi connectivity index (χ4n) is 2.55. The zero-order chi connectivity index (χ0) is 16.7. The van der Waals surface area contributed by atoms with Crippen LogP contribution >= 0.6 is 0 Å². The number of hydrogen-bond acceptors (Lipinski definition) is 4. The van der Waals surface area contributed by atoms with Crippen molar-refractivity contribution in [2.75, 3.05) is 6.61 Å². The Morgan fingerprint density at radius 1 is 1.00 bits per heavy atom. The molecule has 23 heavy (non-hydrogen) atoms. The summed E-state index contributed by atoms with van der Waals surface area (Å²) in [7, 11) is 0. The van der Waals surface area contributed by atoms with Crippen molar-refractivity contribution in [2.24, 2.45) is 0 Å². The van der Waals surface area contributed by atoms with E-state index in [1.165, 1.54) is 6.07 Å². The van der Waals surface area contributed by atoms with Gasteiger partial charge < -0.3 is 10.2 Å². The van der Waals surface area contributed by atoms with Crippen molar-refractivity contribution in [2.45, 2.75) is 31.8 Å². The van der Waals surface area contributed by atoms with Crippen molar-refractivity contribution in [3.8, 4) is 11.1 Å². The minimum Gasteiger partial charge on any atom is -0.396 e. The van der Waals surface area contributed by atoms with Gasteiger partial charge in [0.25, 0.3) is 5.69 Å². The van der Waals surface area contributed by atoms with Gasteiger partial charge in [-0.15, -0.1) is 0 Å². The molecule has 2 rings (SSSR count). The molecule has 122 valence electrons. The molecule has 0 fully saturated rings. The zero-order valence-electron chi connectivity index (χ0n) is 12.9. The summed E-state index contributed by atoms with van der Waals surface area (Å²) in [5.41, 5.74) is 2.20. The molecule has 1 unspecified atom stereocenters. The number of hydrogen-bond donors (Lipinski definition) is 2. The number of nitrogens with zero attached hydrogens (tertiary/aromatic N) is 1. The molecule has 2 N–H and O–H groups in total. The first-order valence-corrected chi connectivity index (χ1v) is 7.76. The Balaban J connectivity index is 2.09. The van der Waals surface area contributed by atoms with Gasteiger partial charge in [0, 0.05) is 12.7 Å². The summed E-state index contributed by atoms with van der Waals surface area (Å²) in [6.45, 7) is 0.181. The van der Waals surface area contributed by atoms with Crippen LogP contribution < -0.4 is 0 Å². The maximum absolute atomic E-state index is 11.1. The molecule has 0 spiro atoms. The number of unbranched alkanes of at least 4 members (excludes halogenated alkanes) is 2. The van der Waals surface area contributed by atoms with Gasteiger partial charge in [-0.25, -0.2) is 0 Å². The zero-order valence-corrected chi connectivity index (χ0v) is 12.9. The van der Waals surface area contributed by atoms with Crippen LogP contribution in [0.4, 0.5) is 5.69 Å². The van der Waals surface area contributed by atoms with Gasteiger partial charge >= 0.3 is 0 Å². The largest absolute Gasteiger partial charge is 0.396 e. The fraction of sp³-hybridized carbons (Fsp3) is 0.333. The van der Waals surface area contributed by atoms with Crippen molar-refractivity contribution in [3.05, 3.63) is 64.2 Å². The molecule has 2 aromatic carbocycles. The highest BCUT2D eigenvalue weighted by atomic mass is 16.6. The van der Waals surface area contributed by atoms with Crippen LogP contribution in [0.1, 0.15) is 37.4 Å². The molecule has 0 amide bonds. The molecule has 1 atom stereocenters. The maximum Gasteiger partial charge on any atom is 0.277 e. The molecule has 0 saturated heterocycles. The van der Waals surface area contributed by atoms with Crippen LogP contribution in [-0.4, -0.2) is 21.7 Å². The lowest BCUT2D eigenvalue weighted by Gasteiger charge is -2.11. The highest BCUT2D eigenvalue weighted by molar-refractivity contribution is 5.73. The minimum atomic E-state index is -0.548. The van der Waals surface area contributed by atoms with Crippen molar-refractivity contribution in [1.82, 2.24) is 0 Å². The van der Waals surface area contributed by atoms with Crippen LogP contribution in [0, 0.1) is 10.1 Å². The van der Waals surface area contributed by atoms with Crippen LogP contribution in [0.2, 0.25) is 0 Å². The lowest BCUT2D eigenvalue weighted by molar-refractivity contribution is -0.384. The lowest BCUT2D eigenvalue weighted by atomic mass is 9.98. The quantitative estimate of drug-likeness (QED) is 0.440. The smallest absolute Gasteiger partial charge is 0.277 e. The molecular weight excluding hydrogens is 294 g/mol. The first kappa shape index (κ1) is 17.1. The lowest BCUT2D eigenvalue weighted by Crippen LogP contribution is -1.98. The van der Waals surface area contributed by atoms with Crippen molar-refractivity contribution in [3.63, 3.8) is 0 Å². The van der Waals surface area contributed by atoms with Gasteiger partial charge in [-0.2, -0.15) is 0 Å². The summed E-state index contributed by atoms with van der Waals surface area (Å²) in [5.74, 6) is 0. The van der Waals surface area contributed by atoms with Gasteiger partial charge in [0.15, 0.2) is 0 Å². The van der Waals surface area contributed by atoms with E-state index in [2.05, 4.69) is 0 Å². The predicted molar refractivity (Wildman–Crippen MR) is 89.0 cm³/mol. The molecule has 5 heteroatoms. The minimum absolute atomic E-state index is 0.0739. The van der Waals surface area contributed by atoms with Crippen LogP contribution in [0.15, 0.2) is 48.5 Å². The Kier molecular flexibility index (Phi) is 6.26. The van der Waals surface area contributed by atoms with E-state index in [1.54, 1.807) is 30.3 Å². The Bertz CT molecular complexity index is 640. The second kappa shape index (κ2) is 8.41. The van der Waals surface area contributed by atoms with E-state index in [4.69, 9.17) is 5.11 Å². The van der Waals surface area contributed by atoms with E-state index >= 15 is 0 Å². The van der Waals surface area contributed by atoms with Gasteiger partial charge in [0.05, 0.1) is 16.6 Å². The highest BCUT2D eigenvalue weighted by Gasteiger charge is 2.14. The van der Waals surface area contributed by atoms with Crippen LogP contribution in [0.5, 0.6) is 0 Å². The number of benzene rings is 2. The first-order valence-electron chi connectivity index (χ1n) is 7.76. The third-order valence-electron chi connectivity index (χ3n) is 3.84. The molecular formula is C18H21NO4. The molecule has 0 aliphatic heterocycles. The second-order valence-electron chi connectivity index (χ2n) is 5.49. The summed E-state index contributed by atoms with van der Waals surface area (Å²) < 4.78 is 0. The highest BCUT2D eigenvalue weighted by Crippen LogP contribution is 2.30. The van der Waals surface area contributed by atoms with Gasteiger partial charge in [-0.1, -0.05) is 49.2 Å². The average molecular weight is 315 g/mol. The molecule has 0 aromatic heterocycles. The fourth-order valence-corrected chi connectivity index (χ4v) is 2.55. The molecule has 5 nitrogen and oxygen atoms in total. The summed E-state index contributed by atoms with van der Waals surface area (Å²) >= 11 is 0. The second-order valence-corrected chi connectivity index (χ2v) is 5.49. The maximum atomic E-state index is 11.1. The Morgan fingerprint density at radius 2 is 1.70 bits per heavy atom. The number of aliphatic hydroxyl groups excluding tert-OH is 2. The third kappa shape index (κ3) is 4.61. The number of aliphatic hydroxyl groups is 2. The summed E-state index contributed by atoms with van der Waals surface area (Å²) in [4.78, 5) is 10.7. The van der Waals surface area contributed by atoms with Crippen molar-refractivity contribution in [1.29, 1.82) is 0 Å². The van der Waals surface area contributed by atoms with E-state index < -0.39 is 6.10 Å². The molecule has 2 aromatic rings. The van der Waals surface area contributed by atoms with Crippen molar-refractivity contribution >= 4 is 5.69 Å². The van der Waals surface area contributed by atoms with Crippen LogP contribution in [0.3, 0.4) is 0 Å². The normalized spacial score (nSPS) is 12.1. The number of nitro benzene ring substituents is 1. The average Bonchev–Trinajstić information content (AvgIpc) is 2.58. The number of rotatable bonds is 8. The van der Waals surface area contributed by atoms with E-state index in [0.717, 1.165) is 30.4 Å². The molecule has 0 heterocycles. The summed E-state index contributed by atoms with van der Waals surface area (Å²) in [6.07, 6.45) is 2.59. The summed E-state index contributed by atoms with van der Waals surface area (Å²) in [6, 6.07) is 13.8. The Labute approximate surface area is 135 Å². The first-order chi connectivity index (χ1) is 11.1. The predicted octanol–water partition coefficient (Wildman–Crippen LogP) is 3.85. The van der Waals surface area contributed by atoms with Crippen molar-refractivity contribution < 1.29 is 15.1 Å². The number of para-hydroxylation sites is 1. The standard InChI is InChI=1S/C18H21NO4/c20-13-5-1-2-8-18(21)15-11-9-14(10-12-15)16-6-3-4-7-17(16)19(22)23/h3-4,6-7,9-12,18,20-21H,1-2,5,8,13H2. The third-order valence-corrected chi connectivity index (χ3v) is 3.84. The van der Waals surface area contributed by atoms with E-state index in [0.29, 0.717) is 12.0 Å². The van der Waals surface area contributed by atoms with Gasteiger partial charge in [-0.05, 0) is 30.0 Å². The molecule has 0 radical (unpaired) electrons. The Morgan fingerprint density at radius 3 is 2.35 bits per heavy atom. The van der Waals surface area contributed by atoms with E-state index in [9.17, 15) is 15.2 Å². The SMILES string of the molecule is O=[N+]([O-])c1ccccc1-c1ccc(C(O)CCCCCO)cc1. The van der Waals surface area contributed by atoms with E-state index in [-0.39, 0.29) is 17.2 Å². The summed E-state index contributed by atoms with van der Waals surface area (Å²) in [5, 5.41) is 30.0. The van der Waals surface area contributed by atoms with Crippen LogP contribution in [-0.2, 0) is 0 Å².